The van der Waals surface area contributed by atoms with Gasteiger partial charge in [0.05, 0.1) is 25.0 Å². The molecule has 0 radical (unpaired) electrons. The van der Waals surface area contributed by atoms with E-state index < -0.39 is 0 Å². The normalized spacial score (nSPS) is 10.8. The zero-order valence-corrected chi connectivity index (χ0v) is 13.1. The van der Waals surface area contributed by atoms with E-state index in [-0.39, 0.29) is 11.7 Å². The molecule has 6 heteroatoms. The Balaban J connectivity index is 1.83. The van der Waals surface area contributed by atoms with Crippen LogP contribution in [0.2, 0.25) is 0 Å². The third-order valence-electron chi connectivity index (χ3n) is 2.93. The Morgan fingerprint density at radius 2 is 1.86 bits per heavy atom. The van der Waals surface area contributed by atoms with E-state index in [1.807, 2.05) is 25.1 Å². The number of anilines is 1. The molecule has 3 rings (SSSR count). The number of thiazole rings is 1. The van der Waals surface area contributed by atoms with Crippen molar-refractivity contribution in [2.75, 3.05) is 5.32 Å². The van der Waals surface area contributed by atoms with Gasteiger partial charge in [-0.1, -0.05) is 0 Å². The number of amides is 1. The summed E-state index contributed by atoms with van der Waals surface area (Å²) < 4.78 is 1.04. The summed E-state index contributed by atoms with van der Waals surface area (Å²) in [5.74, 6) is -0.228. The number of carbonyl (C=O) groups is 2. The molecule has 1 amide bonds. The third kappa shape index (κ3) is 2.86. The molecule has 0 spiro atoms. The van der Waals surface area contributed by atoms with E-state index in [0.717, 1.165) is 20.9 Å². The highest BCUT2D eigenvalue weighted by molar-refractivity contribution is 7.18. The molecule has 0 unspecified atom stereocenters. The molecule has 106 valence electrons. The Labute approximate surface area is 129 Å². The van der Waals surface area contributed by atoms with Gasteiger partial charge in [-0.25, -0.2) is 4.98 Å². The molecular weight excluding hydrogens is 304 g/mol. The van der Waals surface area contributed by atoms with Crippen LogP contribution < -0.4 is 5.32 Å². The minimum atomic E-state index is -0.201. The number of thiophene rings is 1. The lowest BCUT2D eigenvalue weighted by Crippen LogP contribution is -2.09. The first-order valence-corrected chi connectivity index (χ1v) is 7.95. The molecule has 0 aliphatic rings. The van der Waals surface area contributed by atoms with Crippen molar-refractivity contribution in [2.45, 2.75) is 13.8 Å². The molecule has 2 aromatic heterocycles. The lowest BCUT2D eigenvalue weighted by Gasteiger charge is -2.03. The number of fused-ring (bicyclic) bond motifs is 1. The Bertz CT molecular complexity index is 848. The minimum absolute atomic E-state index is 0.0272. The van der Waals surface area contributed by atoms with Gasteiger partial charge in [-0.3, -0.25) is 9.59 Å². The molecular formula is C15H12N2O2S2. The topological polar surface area (TPSA) is 59.1 Å². The highest BCUT2D eigenvalue weighted by Crippen LogP contribution is 2.25. The summed E-state index contributed by atoms with van der Waals surface area (Å²) >= 11 is 2.80. The number of aryl methyl sites for hydroxylation is 1. The zero-order valence-electron chi connectivity index (χ0n) is 11.5. The summed E-state index contributed by atoms with van der Waals surface area (Å²) in [4.78, 5) is 28.9. The van der Waals surface area contributed by atoms with E-state index in [1.54, 1.807) is 23.5 Å². The average Bonchev–Trinajstić information content (AvgIpc) is 3.03. The fourth-order valence-corrected chi connectivity index (χ4v) is 3.62. The highest BCUT2D eigenvalue weighted by Gasteiger charge is 2.12. The van der Waals surface area contributed by atoms with Gasteiger partial charge in [-0.2, -0.15) is 0 Å². The molecule has 4 nitrogen and oxygen atoms in total. The highest BCUT2D eigenvalue weighted by atomic mass is 32.1. The van der Waals surface area contributed by atoms with E-state index in [2.05, 4.69) is 10.3 Å². The number of hydrogen-bond donors (Lipinski definition) is 1. The van der Waals surface area contributed by atoms with E-state index >= 15 is 0 Å². The lowest BCUT2D eigenvalue weighted by atomic mass is 10.3. The molecule has 0 fully saturated rings. The Morgan fingerprint density at radius 3 is 2.57 bits per heavy atom. The number of Topliss-reactive ketones (excluding diaryl/α,β-unsaturated/α-hetero) is 1. The van der Waals surface area contributed by atoms with Gasteiger partial charge in [-0.15, -0.1) is 22.7 Å². The third-order valence-corrected chi connectivity index (χ3v) is 5.05. The number of aromatic nitrogens is 1. The van der Waals surface area contributed by atoms with Gasteiger partial charge < -0.3 is 5.32 Å². The molecule has 0 aliphatic heterocycles. The van der Waals surface area contributed by atoms with Crippen molar-refractivity contribution < 1.29 is 9.59 Å². The molecule has 3 aromatic rings. The van der Waals surface area contributed by atoms with Crippen LogP contribution >= 0.6 is 22.7 Å². The van der Waals surface area contributed by atoms with Crippen LogP contribution in [0.15, 0.2) is 30.3 Å². The number of hydrogen-bond acceptors (Lipinski definition) is 5. The first-order chi connectivity index (χ1) is 10.0. The number of ketones is 1. The molecule has 0 aliphatic carbocycles. The fraction of sp³-hybridized carbons (Fsp3) is 0.133. The summed E-state index contributed by atoms with van der Waals surface area (Å²) in [6.45, 7) is 3.45. The van der Waals surface area contributed by atoms with Gasteiger partial charge in [0.1, 0.15) is 0 Å². The predicted octanol–water partition coefficient (Wildman–Crippen LogP) is 4.12. The van der Waals surface area contributed by atoms with Crippen LogP contribution in [-0.2, 0) is 0 Å². The number of carbonyl (C=O) groups excluding carboxylic acids is 2. The maximum atomic E-state index is 12.2. The monoisotopic (exact) mass is 316 g/mol. The van der Waals surface area contributed by atoms with Crippen molar-refractivity contribution in [3.63, 3.8) is 0 Å². The number of rotatable bonds is 3. The molecule has 0 saturated carbocycles. The van der Waals surface area contributed by atoms with Gasteiger partial charge in [0, 0.05) is 5.69 Å². The van der Waals surface area contributed by atoms with E-state index in [4.69, 9.17) is 0 Å². The van der Waals surface area contributed by atoms with Crippen molar-refractivity contribution in [3.05, 3.63) is 45.1 Å². The molecule has 1 N–H and O–H groups in total. The second-order valence-electron chi connectivity index (χ2n) is 4.59. The van der Waals surface area contributed by atoms with Crippen LogP contribution in [-0.4, -0.2) is 16.7 Å². The van der Waals surface area contributed by atoms with Gasteiger partial charge in [0.2, 0.25) is 0 Å². The van der Waals surface area contributed by atoms with Crippen LogP contribution in [0.3, 0.4) is 0 Å². The van der Waals surface area contributed by atoms with Crippen LogP contribution in [0.25, 0.3) is 10.2 Å². The summed E-state index contributed by atoms with van der Waals surface area (Å²) in [6.07, 6.45) is 0. The van der Waals surface area contributed by atoms with Crippen LogP contribution in [0.1, 0.15) is 31.3 Å². The van der Waals surface area contributed by atoms with Gasteiger partial charge >= 0.3 is 0 Å². The van der Waals surface area contributed by atoms with Crippen LogP contribution in [0.4, 0.5) is 5.69 Å². The maximum Gasteiger partial charge on any atom is 0.265 e. The van der Waals surface area contributed by atoms with Crippen molar-refractivity contribution in [1.29, 1.82) is 0 Å². The molecule has 0 bridgehead atoms. The van der Waals surface area contributed by atoms with Gasteiger partial charge in [0.15, 0.2) is 5.78 Å². The van der Waals surface area contributed by atoms with Crippen molar-refractivity contribution in [3.8, 4) is 0 Å². The largest absolute Gasteiger partial charge is 0.321 e. The van der Waals surface area contributed by atoms with Crippen molar-refractivity contribution in [1.82, 2.24) is 4.98 Å². The smallest absolute Gasteiger partial charge is 0.265 e. The first-order valence-electron chi connectivity index (χ1n) is 6.32. The van der Waals surface area contributed by atoms with E-state index in [0.29, 0.717) is 9.75 Å². The SMILES string of the molecule is CC(=O)c1ccc(C(=O)Nc2ccc3nc(C)sc3c2)s1. The lowest BCUT2D eigenvalue weighted by molar-refractivity contribution is 0.101. The van der Waals surface area contributed by atoms with Gasteiger partial charge in [-0.05, 0) is 44.2 Å². The number of nitrogens with one attached hydrogen (secondary N) is 1. The summed E-state index contributed by atoms with van der Waals surface area (Å²) in [5.41, 5.74) is 1.67. The number of benzene rings is 1. The quantitative estimate of drug-likeness (QED) is 0.739. The number of nitrogens with zero attached hydrogens (tertiary/aromatic N) is 1. The molecule has 0 atom stereocenters. The summed E-state index contributed by atoms with van der Waals surface area (Å²) in [6, 6.07) is 8.99. The molecule has 0 saturated heterocycles. The predicted molar refractivity (Wildman–Crippen MR) is 86.6 cm³/mol. The zero-order chi connectivity index (χ0) is 15.0. The maximum absolute atomic E-state index is 12.2. The molecule has 21 heavy (non-hydrogen) atoms. The average molecular weight is 316 g/mol. The first kappa shape index (κ1) is 13.9. The second-order valence-corrected chi connectivity index (χ2v) is 6.91. The van der Waals surface area contributed by atoms with Crippen molar-refractivity contribution >= 4 is 50.3 Å². The molecule has 2 heterocycles. The fourth-order valence-electron chi connectivity index (χ4n) is 1.96. The second kappa shape index (κ2) is 5.38. The van der Waals surface area contributed by atoms with Crippen LogP contribution in [0.5, 0.6) is 0 Å². The summed E-state index contributed by atoms with van der Waals surface area (Å²) in [5, 5.41) is 3.85. The standard InChI is InChI=1S/C15H12N2O2S2/c1-8(18)12-5-6-13(21-12)15(19)17-10-3-4-11-14(7-10)20-9(2)16-11/h3-7H,1-2H3,(H,17,19). The van der Waals surface area contributed by atoms with E-state index in [9.17, 15) is 9.59 Å². The summed E-state index contributed by atoms with van der Waals surface area (Å²) in [7, 11) is 0. The minimum Gasteiger partial charge on any atom is -0.321 e. The molecule has 1 aromatic carbocycles. The van der Waals surface area contributed by atoms with E-state index in [1.165, 1.54) is 18.3 Å². The Kier molecular flexibility index (Phi) is 3.57. The van der Waals surface area contributed by atoms with Crippen LogP contribution in [0, 0.1) is 6.92 Å². The van der Waals surface area contributed by atoms with Crippen molar-refractivity contribution in [2.24, 2.45) is 0 Å². The Hall–Kier alpha value is -2.05. The Morgan fingerprint density at radius 1 is 1.10 bits per heavy atom. The van der Waals surface area contributed by atoms with Gasteiger partial charge in [0.25, 0.3) is 5.91 Å².